The second-order valence-corrected chi connectivity index (χ2v) is 16.0. The van der Waals surface area contributed by atoms with E-state index < -0.39 is 58.9 Å². The summed E-state index contributed by atoms with van der Waals surface area (Å²) in [7, 11) is 0. The fourth-order valence-electron chi connectivity index (χ4n) is 6.74. The molecule has 0 spiro atoms. The van der Waals surface area contributed by atoms with E-state index in [1.807, 2.05) is 12.1 Å². The zero-order valence-corrected chi connectivity index (χ0v) is 47.5. The molecule has 0 amide bonds. The molecule has 11 heterocycles. The summed E-state index contributed by atoms with van der Waals surface area (Å²) in [4.78, 5) is 151. The van der Waals surface area contributed by atoms with Gasteiger partial charge in [-0.15, -0.1) is 0 Å². The van der Waals surface area contributed by atoms with Crippen molar-refractivity contribution in [2.45, 2.75) is 0 Å². The molecule has 0 fully saturated rings. The van der Waals surface area contributed by atoms with Crippen molar-refractivity contribution in [1.29, 1.82) is 0 Å². The van der Waals surface area contributed by atoms with Crippen molar-refractivity contribution in [3.63, 3.8) is 0 Å². The number of carbonyl (C=O) groups is 10. The van der Waals surface area contributed by atoms with Crippen LogP contribution >= 0.6 is 0 Å². The van der Waals surface area contributed by atoms with Gasteiger partial charge in [0.05, 0.1) is 27.8 Å². The largest absolute Gasteiger partial charge is 2.00 e. The number of carbonyl (C=O) groups excluding carboxylic acids is 6. The minimum Gasteiger partial charge on any atom is -1.00 e. The number of fused-ring (bicyclic) bond motifs is 1. The van der Waals surface area contributed by atoms with Crippen LogP contribution in [0.4, 0.5) is 0 Å². The van der Waals surface area contributed by atoms with Crippen LogP contribution in [0.15, 0.2) is 214 Å². The van der Waals surface area contributed by atoms with E-state index in [2.05, 4.69) is 60.8 Å². The first kappa shape index (κ1) is 67.9. The van der Waals surface area contributed by atoms with E-state index in [4.69, 9.17) is 20.4 Å². The number of cyclic esters (lactones) is 2. The molecule has 0 aromatic carbocycles. The van der Waals surface area contributed by atoms with Crippen LogP contribution in [0.5, 0.6) is 0 Å². The average molecular weight is 1240 g/mol. The third kappa shape index (κ3) is 19.5. The Balaban J connectivity index is 0.000000227. The Kier molecular flexibility index (Phi) is 27.2. The van der Waals surface area contributed by atoms with Crippen LogP contribution in [0, 0.1) is 6.20 Å². The Hall–Kier alpha value is -11.6. The zero-order chi connectivity index (χ0) is 61.1. The Morgan fingerprint density at radius 3 is 0.966 bits per heavy atom. The number of hydrogen-bond donors (Lipinski definition) is 4. The van der Waals surface area contributed by atoms with Gasteiger partial charge in [0.25, 0.3) is 0 Å². The van der Waals surface area contributed by atoms with Crippen molar-refractivity contribution < 1.29 is 90.1 Å². The summed E-state index contributed by atoms with van der Waals surface area (Å²) in [5.41, 5.74) is 0.218. The molecule has 10 aromatic rings. The van der Waals surface area contributed by atoms with Crippen LogP contribution in [0.1, 0.15) is 127 Å². The number of nitrogens with zero attached hydrogens (tertiary/aromatic N) is 10. The molecule has 0 atom stereocenters. The van der Waals surface area contributed by atoms with Crippen LogP contribution in [0.2, 0.25) is 0 Å². The van der Waals surface area contributed by atoms with Crippen LogP contribution in [0.3, 0.4) is 0 Å². The molecule has 1 aliphatic rings. The summed E-state index contributed by atoms with van der Waals surface area (Å²) in [6.45, 7) is 0. The van der Waals surface area contributed by atoms with E-state index in [0.29, 0.717) is 0 Å². The average Bonchev–Trinajstić information content (AvgIpc) is 3.38. The predicted octanol–water partition coefficient (Wildman–Crippen LogP) is 3.52. The Labute approximate surface area is 518 Å². The standard InChI is InChI=1S/4C12H8N2O3.C7H3NO3.C5H4N.BrH.Mg/c2*15-11(9-5-1-2-6-13-9)10-8(12(16)17)4-3-7-14-10;2*15-11(9-5-1-2-6-13-9)8-4-3-7-14-10(8)12(16)17;9-6-4-2-1-3-8-5(4)7(10)11-6;1-2-4-6-5-3-1;;/h4*1-7H,(H,16,17);1-3H;1-4H;1H;/q;;;;;-1;;+2/p-1. The Bertz CT molecular complexity index is 3550. The fraction of sp³-hybridized carbons (Fsp3) is 0. The first-order valence-electron chi connectivity index (χ1n) is 24.1. The summed E-state index contributed by atoms with van der Waals surface area (Å²) >= 11 is 0. The number of hydrogen-bond acceptors (Lipinski definition) is 21. The molecule has 0 saturated carbocycles. The Morgan fingerprint density at radius 2 is 0.667 bits per heavy atom. The number of ether oxygens (including phenoxy) is 1. The van der Waals surface area contributed by atoms with Crippen molar-refractivity contribution in [2.75, 3.05) is 0 Å². The third-order valence-corrected chi connectivity index (χ3v) is 10.5. The molecule has 11 rings (SSSR count). The molecule has 0 radical (unpaired) electrons. The first-order valence-corrected chi connectivity index (χ1v) is 24.1. The molecule has 0 saturated heterocycles. The summed E-state index contributed by atoms with van der Waals surface area (Å²) in [5, 5.41) is 35.8. The molecule has 0 bridgehead atoms. The molecule has 10 aromatic heterocycles. The van der Waals surface area contributed by atoms with Gasteiger partial charge < -0.3 is 47.1 Å². The zero-order valence-electron chi connectivity index (χ0n) is 44.5. The molecule has 0 unspecified atom stereocenters. The van der Waals surface area contributed by atoms with Gasteiger partial charge in [0.2, 0.25) is 23.1 Å². The van der Waals surface area contributed by atoms with Crippen LogP contribution in [0.25, 0.3) is 0 Å². The number of halogens is 1. The van der Waals surface area contributed by atoms with Crippen molar-refractivity contribution in [1.82, 2.24) is 49.8 Å². The quantitative estimate of drug-likeness (QED) is 0.0447. The molecule has 1 aliphatic heterocycles. The van der Waals surface area contributed by atoms with Gasteiger partial charge in [0, 0.05) is 55.8 Å². The molecule has 27 heteroatoms. The number of carboxylic acids is 4. The second-order valence-electron chi connectivity index (χ2n) is 16.0. The SMILES string of the molecule is O=C(O)c1cccnc1C(=O)c1ccccn1.O=C(O)c1cccnc1C(=O)c1ccccn1.O=C(c1ccccn1)c1cccnc1C(=O)O.O=C(c1ccccn1)c1cccnc1C(=O)O.O=C1OC(=O)c2ncccc21.[Br-].[Mg+2].[c-]1ccccn1. The molecular weight excluding hydrogens is 1200 g/mol. The van der Waals surface area contributed by atoms with E-state index in [1.54, 1.807) is 66.9 Å². The molecule has 87 heavy (non-hydrogen) atoms. The number of carboxylic acid groups (broad SMARTS) is 4. The number of pyridine rings is 10. The van der Waals surface area contributed by atoms with Gasteiger partial charge in [-0.2, -0.15) is 18.2 Å². The van der Waals surface area contributed by atoms with Gasteiger partial charge in [0.1, 0.15) is 34.2 Å². The van der Waals surface area contributed by atoms with Crippen molar-refractivity contribution in [3.8, 4) is 0 Å². The Morgan fingerprint density at radius 1 is 0.333 bits per heavy atom. The first-order chi connectivity index (χ1) is 41.1. The van der Waals surface area contributed by atoms with Gasteiger partial charge in [-0.25, -0.2) is 43.7 Å². The fourth-order valence-corrected chi connectivity index (χ4v) is 6.74. The van der Waals surface area contributed by atoms with Crippen molar-refractivity contribution in [3.05, 3.63) is 299 Å². The normalized spacial score (nSPS) is 10.1. The maximum absolute atomic E-state index is 12.0. The van der Waals surface area contributed by atoms with E-state index in [0.717, 1.165) is 0 Å². The van der Waals surface area contributed by atoms with E-state index in [1.165, 1.54) is 135 Å². The number of ketones is 4. The van der Waals surface area contributed by atoms with E-state index in [9.17, 15) is 47.9 Å². The van der Waals surface area contributed by atoms with Crippen LogP contribution in [-0.4, -0.2) is 152 Å². The molecule has 4 N–H and O–H groups in total. The van der Waals surface area contributed by atoms with Gasteiger partial charge in [-0.3, -0.25) is 49.1 Å². The van der Waals surface area contributed by atoms with Gasteiger partial charge in [-0.1, -0.05) is 36.7 Å². The van der Waals surface area contributed by atoms with Gasteiger partial charge in [0.15, 0.2) is 17.1 Å². The summed E-state index contributed by atoms with van der Waals surface area (Å²) in [6.07, 6.45) is 17.1. The van der Waals surface area contributed by atoms with Crippen LogP contribution < -0.4 is 17.0 Å². The minimum atomic E-state index is -1.23. The topological polar surface area (TPSA) is 390 Å². The number of rotatable bonds is 12. The van der Waals surface area contributed by atoms with Crippen molar-refractivity contribution in [2.24, 2.45) is 0 Å². The van der Waals surface area contributed by atoms with Gasteiger partial charge in [-0.05, 0) is 109 Å². The van der Waals surface area contributed by atoms with Crippen molar-refractivity contribution >= 4 is 82.0 Å². The minimum absolute atomic E-state index is 0. The summed E-state index contributed by atoms with van der Waals surface area (Å²) in [5.74, 6) is -7.99. The monoisotopic (exact) mass is 1240 g/mol. The number of esters is 2. The molecule has 0 aliphatic carbocycles. The maximum atomic E-state index is 12.0. The predicted molar refractivity (Wildman–Crippen MR) is 298 cm³/mol. The van der Waals surface area contributed by atoms with Crippen LogP contribution in [-0.2, 0) is 4.74 Å². The molecule has 428 valence electrons. The smallest absolute Gasteiger partial charge is 1.00 e. The summed E-state index contributed by atoms with van der Waals surface area (Å²) < 4.78 is 4.29. The molecular formula is C60H39BrMgN10O15. The maximum Gasteiger partial charge on any atom is 2.00 e. The van der Waals surface area contributed by atoms with E-state index in [-0.39, 0.29) is 119 Å². The number of aromatic nitrogens is 10. The molecule has 25 nitrogen and oxygen atoms in total. The van der Waals surface area contributed by atoms with Gasteiger partial charge >= 0.3 is 58.9 Å². The number of aromatic carboxylic acids is 4. The third-order valence-electron chi connectivity index (χ3n) is 10.5. The van der Waals surface area contributed by atoms with E-state index >= 15 is 0 Å². The second kappa shape index (κ2) is 34.8. The summed E-state index contributed by atoms with van der Waals surface area (Å²) in [6, 6.07) is 39.5.